The highest BCUT2D eigenvalue weighted by Crippen LogP contribution is 2.25. The highest BCUT2D eigenvalue weighted by atomic mass is 32.1. The first-order chi connectivity index (χ1) is 11.5. The molecule has 5 nitrogen and oxygen atoms in total. The Balaban J connectivity index is 1.78. The van der Waals surface area contributed by atoms with Crippen LogP contribution in [0.25, 0.3) is 0 Å². The Bertz CT molecular complexity index is 764. The fraction of sp³-hybridized carbons (Fsp3) is 0.278. The number of amides is 1. The standard InChI is InChI=1S/C18H17NO4S/c1-11(20)14-9-10-15(24-14)18(22)23-16(12-5-3-2-4-6-12)17(21)19-13-7-8-13/h2-6,9-10,13,16H,7-8H2,1H3,(H,19,21)/t16-/m1/s1. The number of carbonyl (C=O) groups excluding carboxylic acids is 3. The van der Waals surface area contributed by atoms with E-state index in [9.17, 15) is 14.4 Å². The Morgan fingerprint density at radius 2 is 1.75 bits per heavy atom. The lowest BCUT2D eigenvalue weighted by atomic mass is 10.1. The monoisotopic (exact) mass is 343 g/mol. The van der Waals surface area contributed by atoms with Crippen molar-refractivity contribution in [3.63, 3.8) is 0 Å². The van der Waals surface area contributed by atoms with E-state index in [0.29, 0.717) is 15.3 Å². The maximum Gasteiger partial charge on any atom is 0.349 e. The van der Waals surface area contributed by atoms with Crippen molar-refractivity contribution in [3.8, 4) is 0 Å². The quantitative estimate of drug-likeness (QED) is 0.646. The zero-order chi connectivity index (χ0) is 17.1. The van der Waals surface area contributed by atoms with Gasteiger partial charge >= 0.3 is 5.97 Å². The van der Waals surface area contributed by atoms with Crippen molar-refractivity contribution in [2.24, 2.45) is 0 Å². The highest BCUT2D eigenvalue weighted by Gasteiger charge is 2.31. The number of hydrogen-bond donors (Lipinski definition) is 1. The Hall–Kier alpha value is -2.47. The molecule has 2 aromatic rings. The van der Waals surface area contributed by atoms with Crippen LogP contribution in [0.2, 0.25) is 0 Å². The van der Waals surface area contributed by atoms with Crippen LogP contribution in [0.3, 0.4) is 0 Å². The van der Waals surface area contributed by atoms with Crippen LogP contribution in [0.4, 0.5) is 0 Å². The third-order valence-electron chi connectivity index (χ3n) is 3.64. The van der Waals surface area contributed by atoms with Crippen molar-refractivity contribution < 1.29 is 19.1 Å². The molecule has 1 saturated carbocycles. The summed E-state index contributed by atoms with van der Waals surface area (Å²) in [5.41, 5.74) is 0.618. The van der Waals surface area contributed by atoms with Gasteiger partial charge < -0.3 is 10.1 Å². The first-order valence-electron chi connectivity index (χ1n) is 7.71. The van der Waals surface area contributed by atoms with Gasteiger partial charge in [-0.3, -0.25) is 9.59 Å². The molecule has 124 valence electrons. The van der Waals surface area contributed by atoms with Gasteiger partial charge in [0.15, 0.2) is 5.78 Å². The molecular formula is C18H17NO4S. The second-order valence-electron chi connectivity index (χ2n) is 5.70. The summed E-state index contributed by atoms with van der Waals surface area (Å²) in [7, 11) is 0. The van der Waals surface area contributed by atoms with Gasteiger partial charge in [-0.1, -0.05) is 30.3 Å². The summed E-state index contributed by atoms with van der Waals surface area (Å²) >= 11 is 1.07. The first-order valence-corrected chi connectivity index (χ1v) is 8.53. The second-order valence-corrected chi connectivity index (χ2v) is 6.78. The van der Waals surface area contributed by atoms with Crippen LogP contribution in [0.15, 0.2) is 42.5 Å². The molecule has 1 aromatic heterocycles. The van der Waals surface area contributed by atoms with Crippen molar-refractivity contribution >= 4 is 29.0 Å². The average Bonchev–Trinajstić information content (AvgIpc) is 3.24. The number of ether oxygens (including phenoxy) is 1. The van der Waals surface area contributed by atoms with Crippen LogP contribution >= 0.6 is 11.3 Å². The lowest BCUT2D eigenvalue weighted by molar-refractivity contribution is -0.130. The molecule has 6 heteroatoms. The predicted molar refractivity (Wildman–Crippen MR) is 90.1 cm³/mol. The molecule has 0 saturated heterocycles. The molecule has 1 aliphatic rings. The van der Waals surface area contributed by atoms with Gasteiger partial charge in [0.05, 0.1) is 4.88 Å². The first kappa shape index (κ1) is 16.4. The van der Waals surface area contributed by atoms with Crippen LogP contribution in [-0.2, 0) is 9.53 Å². The average molecular weight is 343 g/mol. The van der Waals surface area contributed by atoms with Crippen molar-refractivity contribution in [2.75, 3.05) is 0 Å². The molecule has 1 N–H and O–H groups in total. The number of Topliss-reactive ketones (excluding diaryl/α,β-unsaturated/α-hetero) is 1. The number of ketones is 1. The summed E-state index contributed by atoms with van der Waals surface area (Å²) in [5, 5.41) is 2.87. The van der Waals surface area contributed by atoms with E-state index in [2.05, 4.69) is 5.32 Å². The minimum absolute atomic E-state index is 0.106. The number of carbonyl (C=O) groups is 3. The normalized spacial score (nSPS) is 14.7. The van der Waals surface area contributed by atoms with Gasteiger partial charge in [0.2, 0.25) is 6.10 Å². The van der Waals surface area contributed by atoms with Gasteiger partial charge in [-0.25, -0.2) is 4.79 Å². The molecule has 0 spiro atoms. The Morgan fingerprint density at radius 3 is 2.33 bits per heavy atom. The van der Waals surface area contributed by atoms with Gasteiger partial charge in [-0.2, -0.15) is 0 Å². The summed E-state index contributed by atoms with van der Waals surface area (Å²) in [6.07, 6.45) is 0.907. The fourth-order valence-electron chi connectivity index (χ4n) is 2.21. The zero-order valence-corrected chi connectivity index (χ0v) is 14.0. The molecule has 1 aromatic carbocycles. The molecule has 1 amide bonds. The molecule has 0 unspecified atom stereocenters. The van der Waals surface area contributed by atoms with Gasteiger partial charge in [0.1, 0.15) is 4.88 Å². The van der Waals surface area contributed by atoms with E-state index in [4.69, 9.17) is 4.74 Å². The van der Waals surface area contributed by atoms with Crippen LogP contribution in [0.1, 0.15) is 50.8 Å². The Kier molecular flexibility index (Phi) is 4.76. The van der Waals surface area contributed by atoms with E-state index in [-0.39, 0.29) is 17.7 Å². The van der Waals surface area contributed by atoms with Gasteiger partial charge in [-0.15, -0.1) is 11.3 Å². The van der Waals surface area contributed by atoms with Crippen molar-refractivity contribution in [3.05, 3.63) is 57.8 Å². The molecule has 1 heterocycles. The molecule has 24 heavy (non-hydrogen) atoms. The number of benzene rings is 1. The maximum atomic E-state index is 12.4. The number of nitrogens with one attached hydrogen (secondary N) is 1. The number of rotatable bonds is 6. The molecule has 1 atom stereocenters. The van der Waals surface area contributed by atoms with Crippen LogP contribution in [0, 0.1) is 0 Å². The van der Waals surface area contributed by atoms with E-state index in [1.165, 1.54) is 6.92 Å². The smallest absolute Gasteiger partial charge is 0.349 e. The van der Waals surface area contributed by atoms with Crippen molar-refractivity contribution in [1.82, 2.24) is 5.32 Å². The van der Waals surface area contributed by atoms with Gasteiger partial charge in [-0.05, 0) is 31.9 Å². The second kappa shape index (κ2) is 6.97. The topological polar surface area (TPSA) is 72.5 Å². The minimum Gasteiger partial charge on any atom is -0.443 e. The summed E-state index contributed by atoms with van der Waals surface area (Å²) < 4.78 is 5.45. The molecule has 0 radical (unpaired) electrons. The van der Waals surface area contributed by atoms with Crippen molar-refractivity contribution in [1.29, 1.82) is 0 Å². The van der Waals surface area contributed by atoms with Gasteiger partial charge in [0.25, 0.3) is 5.91 Å². The molecule has 0 bridgehead atoms. The Morgan fingerprint density at radius 1 is 1.08 bits per heavy atom. The third kappa shape index (κ3) is 3.89. The summed E-state index contributed by atoms with van der Waals surface area (Å²) in [5.74, 6) is -1.03. The van der Waals surface area contributed by atoms with Crippen LogP contribution in [0.5, 0.6) is 0 Å². The molecule has 3 rings (SSSR count). The predicted octanol–water partition coefficient (Wildman–Crippen LogP) is 3.13. The van der Waals surface area contributed by atoms with E-state index in [0.717, 1.165) is 24.2 Å². The maximum absolute atomic E-state index is 12.4. The largest absolute Gasteiger partial charge is 0.443 e. The van der Waals surface area contributed by atoms with E-state index < -0.39 is 12.1 Å². The molecular weight excluding hydrogens is 326 g/mol. The molecule has 1 aliphatic carbocycles. The lowest BCUT2D eigenvalue weighted by Gasteiger charge is -2.17. The van der Waals surface area contributed by atoms with Gasteiger partial charge in [0, 0.05) is 11.6 Å². The van der Waals surface area contributed by atoms with E-state index >= 15 is 0 Å². The summed E-state index contributed by atoms with van der Waals surface area (Å²) in [6.45, 7) is 1.44. The Labute approximate surface area is 143 Å². The SMILES string of the molecule is CC(=O)c1ccc(C(=O)O[C@@H](C(=O)NC2CC2)c2ccccc2)s1. The van der Waals surface area contributed by atoms with Crippen LogP contribution in [-0.4, -0.2) is 23.7 Å². The fourth-order valence-corrected chi connectivity index (χ4v) is 2.99. The van der Waals surface area contributed by atoms with Crippen molar-refractivity contribution in [2.45, 2.75) is 31.9 Å². The van der Waals surface area contributed by atoms with E-state index in [1.807, 2.05) is 6.07 Å². The lowest BCUT2D eigenvalue weighted by Crippen LogP contribution is -2.33. The zero-order valence-electron chi connectivity index (χ0n) is 13.2. The summed E-state index contributed by atoms with van der Waals surface area (Å²) in [6, 6.07) is 12.2. The number of hydrogen-bond acceptors (Lipinski definition) is 5. The van der Waals surface area contributed by atoms with E-state index in [1.54, 1.807) is 36.4 Å². The highest BCUT2D eigenvalue weighted by molar-refractivity contribution is 7.15. The third-order valence-corrected chi connectivity index (χ3v) is 4.81. The minimum atomic E-state index is -0.998. The summed E-state index contributed by atoms with van der Waals surface area (Å²) in [4.78, 5) is 37.0. The number of esters is 1. The van der Waals surface area contributed by atoms with Crippen LogP contribution < -0.4 is 5.32 Å². The molecule has 1 fully saturated rings. The number of thiophene rings is 1. The molecule has 0 aliphatic heterocycles.